The third kappa shape index (κ3) is 17.0. The fourth-order valence-electron chi connectivity index (χ4n) is 15.1. The summed E-state index contributed by atoms with van der Waals surface area (Å²) in [4.78, 5) is 84.7. The summed E-state index contributed by atoms with van der Waals surface area (Å²) in [6, 6.07) is 50.6. The van der Waals surface area contributed by atoms with E-state index in [-0.39, 0.29) is 81.8 Å². The number of hydrogen-bond acceptors (Lipinski definition) is 21. The highest BCUT2D eigenvalue weighted by Gasteiger charge is 2.70. The first-order valence-electron chi connectivity index (χ1n) is 38.7. The molecule has 0 aliphatic heterocycles. The molecule has 7 atom stereocenters. The molecule has 1 saturated carbocycles. The number of ether oxygens (including phenoxy) is 5. The lowest BCUT2D eigenvalue weighted by Gasteiger charge is -2.55. The highest BCUT2D eigenvalue weighted by Crippen LogP contribution is 2.60. The van der Waals surface area contributed by atoms with E-state index in [1.807, 2.05) is 230 Å². The Morgan fingerprint density at radius 3 is 1.40 bits per heavy atom. The van der Waals surface area contributed by atoms with E-state index in [9.17, 15) is 19.5 Å². The topological polar surface area (TPSA) is 255 Å². The summed E-state index contributed by atoms with van der Waals surface area (Å²) in [5, 5.41) is 20.1. The summed E-state index contributed by atoms with van der Waals surface area (Å²) < 4.78 is 55.5. The average Bonchev–Trinajstić information content (AvgIpc) is 1.27. The van der Waals surface area contributed by atoms with E-state index in [1.165, 1.54) is 6.08 Å². The van der Waals surface area contributed by atoms with Gasteiger partial charge in [-0.3, -0.25) is 29.0 Å². The lowest BCUT2D eigenvalue weighted by atomic mass is 9.57. The number of hydrogen-bond donors (Lipinski definition) is 1. The van der Waals surface area contributed by atoms with Crippen LogP contribution < -0.4 is 23.7 Å². The van der Waals surface area contributed by atoms with E-state index >= 15 is 9.59 Å². The molecule has 1 N–H and O–H groups in total. The molecule has 114 heavy (non-hydrogen) atoms. The fourth-order valence-corrected chi connectivity index (χ4v) is 18.0. The minimum atomic E-state index is -2.86. The largest absolute Gasteiger partial charge is 0.507 e. The summed E-state index contributed by atoms with van der Waals surface area (Å²) in [6.07, 6.45) is 5.38. The predicted octanol–water partition coefficient (Wildman–Crippen LogP) is 18.3. The molecule has 9 aromatic rings. The van der Waals surface area contributed by atoms with Crippen LogP contribution in [0.15, 0.2) is 204 Å². The lowest BCUT2D eigenvalue weighted by Crippen LogP contribution is -2.68. The molecule has 4 aromatic heterocycles. The van der Waals surface area contributed by atoms with Gasteiger partial charge < -0.3 is 46.7 Å². The second-order valence-corrected chi connectivity index (χ2v) is 42.4. The van der Waals surface area contributed by atoms with E-state index in [0.717, 1.165) is 44.8 Å². The van der Waals surface area contributed by atoms with Gasteiger partial charge in [0.25, 0.3) is 11.8 Å². The molecule has 1 fully saturated rings. The van der Waals surface area contributed by atoms with Gasteiger partial charge in [-0.25, -0.2) is 14.8 Å². The Morgan fingerprint density at radius 1 is 0.553 bits per heavy atom. The van der Waals surface area contributed by atoms with Crippen LogP contribution in [0.1, 0.15) is 166 Å². The molecule has 0 amide bonds. The molecule has 0 radical (unpaired) electrons. The van der Waals surface area contributed by atoms with Crippen LogP contribution in [0.4, 0.5) is 0 Å². The van der Waals surface area contributed by atoms with Gasteiger partial charge in [0.05, 0.1) is 17.6 Å². The minimum absolute atomic E-state index is 0.0192. The summed E-state index contributed by atoms with van der Waals surface area (Å²) >= 11 is 0. The van der Waals surface area contributed by atoms with Gasteiger partial charge in [0.2, 0.25) is 29.1 Å². The molecule has 21 nitrogen and oxygen atoms in total. The number of carbonyl (C=O) groups is 5. The average molecular weight is 1580 g/mol. The van der Waals surface area contributed by atoms with Crippen molar-refractivity contribution in [2.24, 2.45) is 17.8 Å². The second-order valence-electron chi connectivity index (χ2n) is 32.9. The summed E-state index contributed by atoms with van der Waals surface area (Å²) in [5.74, 6) is -1.96. The van der Waals surface area contributed by atoms with Crippen molar-refractivity contribution in [3.63, 3.8) is 0 Å². The minimum Gasteiger partial charge on any atom is -0.507 e. The zero-order valence-corrected chi connectivity index (χ0v) is 70.5. The molecule has 598 valence electrons. The van der Waals surface area contributed by atoms with Crippen molar-refractivity contribution in [1.29, 1.82) is 0 Å². The van der Waals surface area contributed by atoms with E-state index < -0.39 is 75.0 Å². The maximum atomic E-state index is 15.6. The van der Waals surface area contributed by atoms with E-state index in [1.54, 1.807) is 12.1 Å². The number of aryl methyl sites for hydroxylation is 3. The number of fused-ring (bicyclic) bond motifs is 6. The standard InChI is InChI=1S/C41H47N3O7Si.C26H34N2O5Si.C22H21NO3.C2H4/c1-24-19-27-20-28-21-29-33(44(5)6)35-32(39(43-50-35)49-23-26-17-13-10-14-18-26)37(47)41(29,51-52(7,8)40(2,3)4)36(46)30(28)34(45)31(27)38(42-24)48-22-25-15-11-9-12-16-25;1-25(2,3)34(6,7)33-26-18(14-11-15-19(26)29)21(28(4)5)22-20(23(26)30)24(27-32-22)31-16-17-12-9-8-10-13-17;1-3-18-14-16(2)23-21(25-15-17-10-6-4-7-11-17)20(18)22(24)26-19-12-8-5-9-13-19;1-2/h9-19,28-29,33,45H,20-23H2,1-8H3;8-13,15,18,21H,14,16H2,1-7H3;4-14H,3,15H2,1-2H3;1-2H2/t28-,29-,33-,41-;18-,21-,26-;;/m00../s1. The maximum absolute atomic E-state index is 15.6. The fraction of sp³-hybridized carbons (Fsp3) is 0.374. The molecular weight excluding hydrogens is 1470 g/mol. The molecule has 5 aliphatic carbocycles. The van der Waals surface area contributed by atoms with Crippen molar-refractivity contribution in [2.45, 2.75) is 174 Å². The van der Waals surface area contributed by atoms with Crippen LogP contribution in [-0.2, 0) is 57.7 Å². The number of Topliss-reactive ketones (excluding diaryl/α,β-unsaturated/α-hetero) is 3. The number of esters is 1. The van der Waals surface area contributed by atoms with Crippen molar-refractivity contribution in [2.75, 3.05) is 28.2 Å². The Bertz CT molecular complexity index is 5010. The quantitative estimate of drug-likeness (QED) is 0.0231. The van der Waals surface area contributed by atoms with Crippen LogP contribution in [0.2, 0.25) is 36.3 Å². The Morgan fingerprint density at radius 2 is 0.956 bits per heavy atom. The lowest BCUT2D eigenvalue weighted by molar-refractivity contribution is -0.140. The number of carbonyl (C=O) groups excluding carboxylic acids is 5. The number of rotatable bonds is 21. The first kappa shape index (κ1) is 84.4. The van der Waals surface area contributed by atoms with Crippen LogP contribution in [0.25, 0.3) is 5.76 Å². The van der Waals surface area contributed by atoms with Gasteiger partial charge in [0, 0.05) is 28.8 Å². The number of benzene rings is 5. The highest BCUT2D eigenvalue weighted by molar-refractivity contribution is 6.75. The second kappa shape index (κ2) is 34.7. The van der Waals surface area contributed by atoms with E-state index in [0.29, 0.717) is 66.6 Å². The summed E-state index contributed by atoms with van der Waals surface area (Å²) in [6.45, 7) is 33.5. The highest BCUT2D eigenvalue weighted by atomic mass is 28.4. The van der Waals surface area contributed by atoms with Crippen molar-refractivity contribution < 1.29 is 70.7 Å². The van der Waals surface area contributed by atoms with Crippen molar-refractivity contribution >= 4 is 51.5 Å². The van der Waals surface area contributed by atoms with Gasteiger partial charge in [-0.05, 0) is 184 Å². The third-order valence-corrected chi connectivity index (χ3v) is 31.6. The van der Waals surface area contributed by atoms with Crippen molar-refractivity contribution in [1.82, 2.24) is 30.1 Å². The van der Waals surface area contributed by atoms with Gasteiger partial charge in [-0.15, -0.1) is 13.2 Å². The number of aliphatic hydroxyl groups excluding tert-OH is 1. The van der Waals surface area contributed by atoms with Gasteiger partial charge in [-0.1, -0.05) is 194 Å². The zero-order valence-electron chi connectivity index (χ0n) is 68.5. The van der Waals surface area contributed by atoms with Crippen LogP contribution in [0.5, 0.6) is 29.3 Å². The number of aromatic nitrogens is 4. The van der Waals surface area contributed by atoms with Crippen LogP contribution in [-0.4, -0.2) is 120 Å². The van der Waals surface area contributed by atoms with Gasteiger partial charge in [0.1, 0.15) is 54.6 Å². The van der Waals surface area contributed by atoms with Crippen molar-refractivity contribution in [3.8, 4) is 29.3 Å². The number of ketones is 4. The summed E-state index contributed by atoms with van der Waals surface area (Å²) in [5.41, 5.74) is 4.70. The molecule has 4 heterocycles. The summed E-state index contributed by atoms with van der Waals surface area (Å²) in [7, 11) is 2.25. The van der Waals surface area contributed by atoms with Crippen molar-refractivity contribution in [3.05, 3.63) is 273 Å². The Kier molecular flexibility index (Phi) is 25.7. The van der Waals surface area contributed by atoms with Gasteiger partial charge >= 0.3 is 5.97 Å². The number of allylic oxidation sites excluding steroid dienone is 1. The monoisotopic (exact) mass is 1580 g/mol. The predicted molar refractivity (Wildman–Crippen MR) is 442 cm³/mol. The molecule has 14 rings (SSSR count). The smallest absolute Gasteiger partial charge is 0.349 e. The molecule has 0 spiro atoms. The third-order valence-electron chi connectivity index (χ3n) is 22.7. The normalized spacial score (nSPS) is 20.2. The Labute approximate surface area is 671 Å². The van der Waals surface area contributed by atoms with Crippen LogP contribution >= 0.6 is 0 Å². The molecule has 0 saturated heterocycles. The van der Waals surface area contributed by atoms with Crippen LogP contribution in [0, 0.1) is 31.6 Å². The van der Waals surface area contributed by atoms with Crippen LogP contribution in [0.3, 0.4) is 0 Å². The van der Waals surface area contributed by atoms with Gasteiger partial charge in [-0.2, -0.15) is 0 Å². The Balaban J connectivity index is 0.000000178. The molecule has 5 aromatic carbocycles. The first-order valence-corrected chi connectivity index (χ1v) is 44.5. The maximum Gasteiger partial charge on any atom is 0.349 e. The molecular formula is C91H106N6O15Si2. The first-order chi connectivity index (χ1) is 54.2. The number of pyridine rings is 2. The Hall–Kier alpha value is -10.5. The molecule has 0 unspecified atom stereocenters. The number of nitrogens with zero attached hydrogens (tertiary/aromatic N) is 6. The SMILES string of the molecule is C=C.CCc1cc(C)nc(OCc2ccccc2)c1C(=O)Oc1ccccc1.CN(C)[C@@H]1c2onc(OCc3ccccc3)c2C(=O)[C@@]2(O[Si](C)(C)C(C)(C)C)C(=O)C=CC[C@@H]12.Cc1cc2c(c(OCc3ccccc3)n1)C(O)=C1C(=O)[C@]3(O[Si](C)(C)C(C)(C)C)C(=O)c4c(OCc5ccccc5)noc4[C@@H](N(C)C)[C@@H]3C[C@@H]1C2. The molecule has 23 heteroatoms. The van der Waals surface area contributed by atoms with E-state index in [2.05, 4.69) is 88.1 Å². The molecule has 5 aliphatic rings. The zero-order chi connectivity index (χ0) is 82.4. The number of aliphatic hydroxyl groups is 1. The molecule has 0 bridgehead atoms. The van der Waals surface area contributed by atoms with E-state index in [4.69, 9.17) is 41.6 Å². The van der Waals surface area contributed by atoms with Gasteiger partial charge in [0.15, 0.2) is 45.1 Å². The number of para-hydroxylation sites is 1.